The van der Waals surface area contributed by atoms with Crippen molar-refractivity contribution in [3.63, 3.8) is 0 Å². The third kappa shape index (κ3) is 5.16. The number of hydrogen-bond donors (Lipinski definition) is 2. The quantitative estimate of drug-likeness (QED) is 0.725. The minimum absolute atomic E-state index is 0.280. The highest BCUT2D eigenvalue weighted by Crippen LogP contribution is 2.30. The molecule has 0 aliphatic rings. The number of carbonyl (C=O) groups is 1. The number of urea groups is 1. The van der Waals surface area contributed by atoms with E-state index < -0.39 is 0 Å². The van der Waals surface area contributed by atoms with Crippen LogP contribution in [0.1, 0.15) is 19.4 Å². The molecule has 24 heavy (non-hydrogen) atoms. The van der Waals surface area contributed by atoms with E-state index in [2.05, 4.69) is 26.6 Å². The minimum Gasteiger partial charge on any atom is -0.490 e. The molecule has 2 rings (SSSR count). The molecule has 0 atom stereocenters. The number of anilines is 1. The summed E-state index contributed by atoms with van der Waals surface area (Å²) in [7, 11) is 0. The molecule has 0 spiro atoms. The molecule has 5 nitrogen and oxygen atoms in total. The molecule has 0 aliphatic carbocycles. The summed E-state index contributed by atoms with van der Waals surface area (Å²) in [5.74, 6) is 1.28. The number of benzene rings is 2. The Balaban J connectivity index is 1.98. The summed E-state index contributed by atoms with van der Waals surface area (Å²) in [5.41, 5.74) is 1.65. The molecule has 0 radical (unpaired) electrons. The van der Waals surface area contributed by atoms with Crippen LogP contribution in [0.2, 0.25) is 0 Å². The van der Waals surface area contributed by atoms with Gasteiger partial charge in [0.15, 0.2) is 11.5 Å². The molecule has 0 bridgehead atoms. The Morgan fingerprint density at radius 2 is 1.75 bits per heavy atom. The maximum absolute atomic E-state index is 12.1. The summed E-state index contributed by atoms with van der Waals surface area (Å²) in [6, 6.07) is 12.8. The van der Waals surface area contributed by atoms with Gasteiger partial charge in [-0.15, -0.1) is 0 Å². The van der Waals surface area contributed by atoms with Crippen LogP contribution in [-0.4, -0.2) is 19.2 Å². The van der Waals surface area contributed by atoms with Crippen molar-refractivity contribution in [2.24, 2.45) is 0 Å². The molecule has 2 amide bonds. The Morgan fingerprint density at radius 3 is 2.46 bits per heavy atom. The van der Waals surface area contributed by atoms with Crippen LogP contribution in [0.4, 0.5) is 10.5 Å². The summed E-state index contributed by atoms with van der Waals surface area (Å²) < 4.78 is 12.0. The van der Waals surface area contributed by atoms with Crippen LogP contribution in [0.25, 0.3) is 0 Å². The smallest absolute Gasteiger partial charge is 0.319 e. The van der Waals surface area contributed by atoms with E-state index in [4.69, 9.17) is 9.47 Å². The standard InChI is InChI=1S/C18H21BrN2O3/c1-3-23-16-10-9-14(11-17(16)24-4-2)21-18(22)20-12-13-7-5-6-8-15(13)19/h5-11H,3-4,12H2,1-2H3,(H2,20,21,22). The van der Waals surface area contributed by atoms with Crippen LogP contribution in [0, 0.1) is 0 Å². The maximum Gasteiger partial charge on any atom is 0.319 e. The van der Waals surface area contributed by atoms with E-state index in [1.807, 2.05) is 38.1 Å². The van der Waals surface area contributed by atoms with E-state index in [9.17, 15) is 4.79 Å². The van der Waals surface area contributed by atoms with Crippen molar-refractivity contribution in [2.75, 3.05) is 18.5 Å². The highest BCUT2D eigenvalue weighted by molar-refractivity contribution is 9.10. The van der Waals surface area contributed by atoms with Gasteiger partial charge in [-0.1, -0.05) is 34.1 Å². The third-order valence-electron chi connectivity index (χ3n) is 3.20. The Morgan fingerprint density at radius 1 is 1.04 bits per heavy atom. The molecule has 2 aromatic carbocycles. The van der Waals surface area contributed by atoms with Crippen molar-refractivity contribution >= 4 is 27.6 Å². The minimum atomic E-state index is -0.280. The fourth-order valence-electron chi connectivity index (χ4n) is 2.12. The predicted molar refractivity (Wildman–Crippen MR) is 98.8 cm³/mol. The van der Waals surface area contributed by atoms with Crippen LogP contribution < -0.4 is 20.1 Å². The number of carbonyl (C=O) groups excluding carboxylic acids is 1. The van der Waals surface area contributed by atoms with E-state index in [1.165, 1.54) is 0 Å². The van der Waals surface area contributed by atoms with Crippen LogP contribution in [-0.2, 0) is 6.54 Å². The zero-order valence-electron chi connectivity index (χ0n) is 13.8. The number of amides is 2. The lowest BCUT2D eigenvalue weighted by Gasteiger charge is -2.13. The second kappa shape index (κ2) is 9.17. The van der Waals surface area contributed by atoms with Gasteiger partial charge in [0.2, 0.25) is 0 Å². The fourth-order valence-corrected chi connectivity index (χ4v) is 2.55. The second-order valence-electron chi connectivity index (χ2n) is 4.93. The molecule has 2 aromatic rings. The van der Waals surface area contributed by atoms with E-state index in [0.29, 0.717) is 36.9 Å². The van der Waals surface area contributed by atoms with Gasteiger partial charge in [-0.25, -0.2) is 4.79 Å². The Kier molecular flexibility index (Phi) is 6.93. The molecule has 0 heterocycles. The van der Waals surface area contributed by atoms with Gasteiger partial charge >= 0.3 is 6.03 Å². The number of ether oxygens (including phenoxy) is 2. The molecule has 128 valence electrons. The maximum atomic E-state index is 12.1. The Hall–Kier alpha value is -2.21. The average Bonchev–Trinajstić information content (AvgIpc) is 2.57. The number of nitrogens with one attached hydrogen (secondary N) is 2. The van der Waals surface area contributed by atoms with Gasteiger partial charge in [-0.3, -0.25) is 0 Å². The normalized spacial score (nSPS) is 10.1. The summed E-state index contributed by atoms with van der Waals surface area (Å²) in [4.78, 5) is 12.1. The van der Waals surface area contributed by atoms with Gasteiger partial charge in [0.1, 0.15) is 0 Å². The molecule has 0 unspecified atom stereocenters. The van der Waals surface area contributed by atoms with Crippen LogP contribution >= 0.6 is 15.9 Å². The zero-order valence-corrected chi connectivity index (χ0v) is 15.4. The number of rotatable bonds is 7. The molecule has 0 aromatic heterocycles. The predicted octanol–water partition coefficient (Wildman–Crippen LogP) is 4.57. The molecule has 0 saturated carbocycles. The van der Waals surface area contributed by atoms with Crippen LogP contribution in [0.3, 0.4) is 0 Å². The molecule has 6 heteroatoms. The first-order valence-electron chi connectivity index (χ1n) is 7.82. The van der Waals surface area contributed by atoms with Crippen molar-refractivity contribution in [1.82, 2.24) is 5.32 Å². The van der Waals surface area contributed by atoms with Gasteiger partial charge < -0.3 is 20.1 Å². The highest BCUT2D eigenvalue weighted by Gasteiger charge is 2.09. The largest absolute Gasteiger partial charge is 0.490 e. The summed E-state index contributed by atoms with van der Waals surface area (Å²) in [5, 5.41) is 5.63. The van der Waals surface area contributed by atoms with E-state index in [-0.39, 0.29) is 6.03 Å². The SMILES string of the molecule is CCOc1ccc(NC(=O)NCc2ccccc2Br)cc1OCC. The topological polar surface area (TPSA) is 59.6 Å². The van der Waals surface area contributed by atoms with E-state index >= 15 is 0 Å². The van der Waals surface area contributed by atoms with Crippen molar-refractivity contribution in [1.29, 1.82) is 0 Å². The fraction of sp³-hybridized carbons (Fsp3) is 0.278. The number of halogens is 1. The zero-order chi connectivity index (χ0) is 17.4. The van der Waals surface area contributed by atoms with Crippen molar-refractivity contribution in [3.8, 4) is 11.5 Å². The second-order valence-corrected chi connectivity index (χ2v) is 5.78. The van der Waals surface area contributed by atoms with Crippen LogP contribution in [0.15, 0.2) is 46.9 Å². The highest BCUT2D eigenvalue weighted by atomic mass is 79.9. The summed E-state index contributed by atoms with van der Waals surface area (Å²) in [6.45, 7) is 5.33. The van der Waals surface area contributed by atoms with Gasteiger partial charge in [-0.05, 0) is 37.6 Å². The first kappa shape index (κ1) is 18.1. The average molecular weight is 393 g/mol. The van der Waals surface area contributed by atoms with Gasteiger partial charge in [-0.2, -0.15) is 0 Å². The molecule has 0 aliphatic heterocycles. The summed E-state index contributed by atoms with van der Waals surface area (Å²) >= 11 is 3.46. The lowest BCUT2D eigenvalue weighted by Crippen LogP contribution is -2.28. The van der Waals surface area contributed by atoms with E-state index in [0.717, 1.165) is 10.0 Å². The Bertz CT molecular complexity index is 692. The van der Waals surface area contributed by atoms with Crippen molar-refractivity contribution < 1.29 is 14.3 Å². The molecule has 0 fully saturated rings. The van der Waals surface area contributed by atoms with Crippen LogP contribution in [0.5, 0.6) is 11.5 Å². The van der Waals surface area contributed by atoms with Gasteiger partial charge in [0.05, 0.1) is 13.2 Å². The van der Waals surface area contributed by atoms with Crippen molar-refractivity contribution in [3.05, 3.63) is 52.5 Å². The Labute approximate surface area is 150 Å². The van der Waals surface area contributed by atoms with Gasteiger partial charge in [0.25, 0.3) is 0 Å². The van der Waals surface area contributed by atoms with Crippen molar-refractivity contribution in [2.45, 2.75) is 20.4 Å². The third-order valence-corrected chi connectivity index (χ3v) is 3.97. The van der Waals surface area contributed by atoms with E-state index in [1.54, 1.807) is 18.2 Å². The van der Waals surface area contributed by atoms with Gasteiger partial charge in [0, 0.05) is 22.8 Å². The number of hydrogen-bond acceptors (Lipinski definition) is 3. The lowest BCUT2D eigenvalue weighted by atomic mass is 10.2. The first-order valence-corrected chi connectivity index (χ1v) is 8.61. The monoisotopic (exact) mass is 392 g/mol. The first-order chi connectivity index (χ1) is 11.6. The molecule has 0 saturated heterocycles. The molecule has 2 N–H and O–H groups in total. The summed E-state index contributed by atoms with van der Waals surface area (Å²) in [6.07, 6.45) is 0. The lowest BCUT2D eigenvalue weighted by molar-refractivity contribution is 0.251. The molecular formula is C18H21BrN2O3. The molecular weight excluding hydrogens is 372 g/mol.